The van der Waals surface area contributed by atoms with Gasteiger partial charge in [-0.25, -0.2) is 4.98 Å². The van der Waals surface area contributed by atoms with Crippen molar-refractivity contribution in [3.05, 3.63) is 23.9 Å². The van der Waals surface area contributed by atoms with Gasteiger partial charge in [-0.1, -0.05) is 0 Å². The number of rotatable bonds is 7. The Labute approximate surface area is 118 Å². The molecule has 0 bridgehead atoms. The van der Waals surface area contributed by atoms with Gasteiger partial charge in [0.15, 0.2) is 0 Å². The second-order valence-electron chi connectivity index (χ2n) is 4.78. The van der Waals surface area contributed by atoms with Gasteiger partial charge in [0.05, 0.1) is 5.56 Å². The molecule has 0 radical (unpaired) electrons. The van der Waals surface area contributed by atoms with Crippen molar-refractivity contribution in [1.82, 2.24) is 15.6 Å². The van der Waals surface area contributed by atoms with Crippen LogP contribution in [0.3, 0.4) is 0 Å². The summed E-state index contributed by atoms with van der Waals surface area (Å²) in [6, 6.07) is 3.70. The highest BCUT2D eigenvalue weighted by molar-refractivity contribution is 5.94. The van der Waals surface area contributed by atoms with Gasteiger partial charge in [-0.2, -0.15) is 0 Å². The van der Waals surface area contributed by atoms with Crippen molar-refractivity contribution >= 4 is 18.1 Å². The Morgan fingerprint density at radius 3 is 2.75 bits per heavy atom. The minimum Gasteiger partial charge on any atom is -0.359 e. The van der Waals surface area contributed by atoms with Crippen molar-refractivity contribution in [2.24, 2.45) is 0 Å². The van der Waals surface area contributed by atoms with Crippen LogP contribution < -0.4 is 15.5 Å². The van der Waals surface area contributed by atoms with Crippen molar-refractivity contribution in [3.63, 3.8) is 0 Å². The van der Waals surface area contributed by atoms with Crippen molar-refractivity contribution in [2.45, 2.75) is 19.3 Å². The van der Waals surface area contributed by atoms with Gasteiger partial charge in [0, 0.05) is 32.4 Å². The third-order valence-corrected chi connectivity index (χ3v) is 3.31. The summed E-state index contributed by atoms with van der Waals surface area (Å²) in [7, 11) is 0. The molecule has 0 spiro atoms. The summed E-state index contributed by atoms with van der Waals surface area (Å²) < 4.78 is 0. The van der Waals surface area contributed by atoms with E-state index in [1.165, 1.54) is 12.8 Å². The summed E-state index contributed by atoms with van der Waals surface area (Å²) in [6.07, 6.45) is 5.40. The van der Waals surface area contributed by atoms with E-state index in [4.69, 9.17) is 0 Å². The van der Waals surface area contributed by atoms with Crippen LogP contribution in [0.15, 0.2) is 18.3 Å². The molecule has 6 nitrogen and oxygen atoms in total. The van der Waals surface area contributed by atoms with E-state index in [0.717, 1.165) is 18.9 Å². The number of anilines is 1. The number of hydrogen-bond acceptors (Lipinski definition) is 4. The molecule has 108 valence electrons. The van der Waals surface area contributed by atoms with E-state index in [-0.39, 0.29) is 5.91 Å². The fraction of sp³-hybridized carbons (Fsp3) is 0.500. The summed E-state index contributed by atoms with van der Waals surface area (Å²) in [5.41, 5.74) is 0.566. The van der Waals surface area contributed by atoms with Crippen molar-refractivity contribution in [3.8, 4) is 0 Å². The molecule has 1 aromatic heterocycles. The van der Waals surface area contributed by atoms with Gasteiger partial charge in [-0.3, -0.25) is 9.59 Å². The van der Waals surface area contributed by atoms with Crippen LogP contribution in [-0.4, -0.2) is 43.5 Å². The molecule has 0 atom stereocenters. The predicted molar refractivity (Wildman–Crippen MR) is 76.7 cm³/mol. The molecule has 1 aliphatic heterocycles. The van der Waals surface area contributed by atoms with Gasteiger partial charge in [0.2, 0.25) is 6.41 Å². The van der Waals surface area contributed by atoms with E-state index >= 15 is 0 Å². The summed E-state index contributed by atoms with van der Waals surface area (Å²) in [5.74, 6) is 0.811. The molecule has 0 aromatic carbocycles. The van der Waals surface area contributed by atoms with Crippen LogP contribution in [-0.2, 0) is 4.79 Å². The molecular formula is C14H20N4O2. The predicted octanol–water partition coefficient (Wildman–Crippen LogP) is 0.548. The van der Waals surface area contributed by atoms with E-state index in [9.17, 15) is 9.59 Å². The van der Waals surface area contributed by atoms with Gasteiger partial charge in [0.25, 0.3) is 5.91 Å². The van der Waals surface area contributed by atoms with E-state index in [0.29, 0.717) is 31.5 Å². The van der Waals surface area contributed by atoms with Gasteiger partial charge in [-0.05, 0) is 31.4 Å². The fourth-order valence-corrected chi connectivity index (χ4v) is 2.21. The number of hydrogen-bond donors (Lipinski definition) is 2. The zero-order chi connectivity index (χ0) is 14.2. The number of aromatic nitrogens is 1. The molecule has 2 N–H and O–H groups in total. The van der Waals surface area contributed by atoms with Crippen molar-refractivity contribution in [2.75, 3.05) is 31.1 Å². The first-order chi connectivity index (χ1) is 9.81. The molecule has 0 unspecified atom stereocenters. The highest BCUT2D eigenvalue weighted by Gasteiger charge is 2.14. The standard InChI is InChI=1S/C14H20N4O2/c19-11-15-6-3-7-16-14(20)12-4-5-13(17-10-12)18-8-1-2-9-18/h4-5,10-11H,1-3,6-9H2,(H,15,19)(H,16,20). The Kier molecular flexibility index (Phi) is 5.34. The second-order valence-corrected chi connectivity index (χ2v) is 4.78. The van der Waals surface area contributed by atoms with Gasteiger partial charge in [-0.15, -0.1) is 0 Å². The molecule has 20 heavy (non-hydrogen) atoms. The largest absolute Gasteiger partial charge is 0.359 e. The number of pyridine rings is 1. The maximum atomic E-state index is 11.9. The van der Waals surface area contributed by atoms with Crippen LogP contribution in [0.1, 0.15) is 29.6 Å². The molecule has 1 aromatic rings. The molecule has 0 saturated carbocycles. The smallest absolute Gasteiger partial charge is 0.252 e. The topological polar surface area (TPSA) is 74.3 Å². The third kappa shape index (κ3) is 3.94. The van der Waals surface area contributed by atoms with Crippen LogP contribution in [0.5, 0.6) is 0 Å². The lowest BCUT2D eigenvalue weighted by Gasteiger charge is -2.16. The third-order valence-electron chi connectivity index (χ3n) is 3.31. The molecule has 2 rings (SSSR count). The number of nitrogens with one attached hydrogen (secondary N) is 2. The molecule has 1 aliphatic rings. The van der Waals surface area contributed by atoms with Crippen LogP contribution in [0, 0.1) is 0 Å². The average Bonchev–Trinajstić information content (AvgIpc) is 3.01. The molecule has 0 aliphatic carbocycles. The Hall–Kier alpha value is -2.11. The average molecular weight is 276 g/mol. The molecule has 2 amide bonds. The van der Waals surface area contributed by atoms with E-state index in [2.05, 4.69) is 20.5 Å². The minimum atomic E-state index is -0.128. The van der Waals surface area contributed by atoms with Gasteiger partial charge in [0.1, 0.15) is 5.82 Å². The number of carbonyl (C=O) groups is 2. The molecule has 1 saturated heterocycles. The highest BCUT2D eigenvalue weighted by atomic mass is 16.1. The Morgan fingerprint density at radius 1 is 1.30 bits per heavy atom. The van der Waals surface area contributed by atoms with Crippen molar-refractivity contribution in [1.29, 1.82) is 0 Å². The van der Waals surface area contributed by atoms with Crippen LogP contribution >= 0.6 is 0 Å². The van der Waals surface area contributed by atoms with Crippen LogP contribution in [0.2, 0.25) is 0 Å². The normalized spacial score (nSPS) is 14.1. The molecular weight excluding hydrogens is 256 g/mol. The zero-order valence-corrected chi connectivity index (χ0v) is 11.5. The van der Waals surface area contributed by atoms with Gasteiger partial charge < -0.3 is 15.5 Å². The van der Waals surface area contributed by atoms with Crippen LogP contribution in [0.25, 0.3) is 0 Å². The van der Waals surface area contributed by atoms with Crippen LogP contribution in [0.4, 0.5) is 5.82 Å². The SMILES string of the molecule is O=CNCCCNC(=O)c1ccc(N2CCCC2)nc1. The highest BCUT2D eigenvalue weighted by Crippen LogP contribution is 2.17. The number of nitrogens with zero attached hydrogens (tertiary/aromatic N) is 2. The summed E-state index contributed by atoms with van der Waals surface area (Å²) >= 11 is 0. The monoisotopic (exact) mass is 276 g/mol. The quantitative estimate of drug-likeness (QED) is 0.563. The van der Waals surface area contributed by atoms with E-state index in [1.54, 1.807) is 12.3 Å². The Balaban J connectivity index is 1.79. The summed E-state index contributed by atoms with van der Waals surface area (Å²) in [5, 5.41) is 5.35. The number of carbonyl (C=O) groups excluding carboxylic acids is 2. The maximum Gasteiger partial charge on any atom is 0.252 e. The summed E-state index contributed by atoms with van der Waals surface area (Å²) in [6.45, 7) is 3.19. The first-order valence-corrected chi connectivity index (χ1v) is 6.97. The Morgan fingerprint density at radius 2 is 2.10 bits per heavy atom. The number of amides is 2. The van der Waals surface area contributed by atoms with E-state index in [1.807, 2.05) is 6.07 Å². The fourth-order valence-electron chi connectivity index (χ4n) is 2.21. The molecule has 1 fully saturated rings. The van der Waals surface area contributed by atoms with Gasteiger partial charge >= 0.3 is 0 Å². The first kappa shape index (κ1) is 14.3. The molecule has 2 heterocycles. The second kappa shape index (κ2) is 7.47. The maximum absolute atomic E-state index is 11.9. The van der Waals surface area contributed by atoms with Crippen molar-refractivity contribution < 1.29 is 9.59 Å². The summed E-state index contributed by atoms with van der Waals surface area (Å²) in [4.78, 5) is 28.5. The van der Waals surface area contributed by atoms with E-state index < -0.39 is 0 Å². The molecule has 6 heteroatoms. The minimum absolute atomic E-state index is 0.128. The zero-order valence-electron chi connectivity index (χ0n) is 11.5. The lowest BCUT2D eigenvalue weighted by molar-refractivity contribution is -0.109. The Bertz CT molecular complexity index is 441. The lowest BCUT2D eigenvalue weighted by atomic mass is 10.2. The lowest BCUT2D eigenvalue weighted by Crippen LogP contribution is -2.27. The first-order valence-electron chi connectivity index (χ1n) is 6.97.